The minimum absolute atomic E-state index is 0.308. The van der Waals surface area contributed by atoms with E-state index < -0.39 is 0 Å². The van der Waals surface area contributed by atoms with Gasteiger partial charge in [-0.25, -0.2) is 0 Å². The number of halogens is 1. The van der Waals surface area contributed by atoms with Crippen LogP contribution in [0.25, 0.3) is 0 Å². The number of phenolic OH excluding ortho intramolecular Hbond substituents is 1. The van der Waals surface area contributed by atoms with Gasteiger partial charge in [0.05, 0.1) is 0 Å². The number of benzene rings is 2. The average Bonchev–Trinajstić information content (AvgIpc) is 2.48. The normalized spacial score (nSPS) is 12.3. The largest absolute Gasteiger partial charge is 0.508 e. The smallest absolute Gasteiger partial charge is 0.115 e. The second-order valence-corrected chi connectivity index (χ2v) is 5.76. The predicted molar refractivity (Wildman–Crippen MR) is 89.2 cm³/mol. The molecule has 0 saturated heterocycles. The van der Waals surface area contributed by atoms with Crippen molar-refractivity contribution < 1.29 is 5.11 Å². The maximum absolute atomic E-state index is 9.39. The van der Waals surface area contributed by atoms with Gasteiger partial charge in [0.1, 0.15) is 5.75 Å². The molecule has 1 unspecified atom stereocenters. The maximum Gasteiger partial charge on any atom is 0.115 e. The lowest BCUT2D eigenvalue weighted by molar-refractivity contribution is 0.475. The lowest BCUT2D eigenvalue weighted by Gasteiger charge is -2.19. The molecule has 0 saturated carbocycles. The van der Waals surface area contributed by atoms with Crippen LogP contribution in [-0.2, 0) is 6.42 Å². The summed E-state index contributed by atoms with van der Waals surface area (Å²) in [6.45, 7) is 4.11. The summed E-state index contributed by atoms with van der Waals surface area (Å²) in [4.78, 5) is 0. The van der Waals surface area contributed by atoms with Crippen LogP contribution in [-0.4, -0.2) is 18.2 Å². The molecule has 2 N–H and O–H groups in total. The molecule has 3 heteroatoms. The Kier molecular flexibility index (Phi) is 6.09. The van der Waals surface area contributed by atoms with Crippen molar-refractivity contribution in [3.05, 3.63) is 64.7 Å². The fourth-order valence-corrected chi connectivity index (χ4v) is 2.64. The van der Waals surface area contributed by atoms with Gasteiger partial charge >= 0.3 is 0 Å². The zero-order chi connectivity index (χ0) is 15.1. The van der Waals surface area contributed by atoms with Gasteiger partial charge in [-0.3, -0.25) is 0 Å². The van der Waals surface area contributed by atoms with Crippen LogP contribution in [0.3, 0.4) is 0 Å². The van der Waals surface area contributed by atoms with Gasteiger partial charge in [0.15, 0.2) is 0 Å². The van der Waals surface area contributed by atoms with Gasteiger partial charge < -0.3 is 10.4 Å². The van der Waals surface area contributed by atoms with Crippen molar-refractivity contribution in [1.82, 2.24) is 5.32 Å². The average molecular weight is 304 g/mol. The molecular formula is C18H22ClNO. The maximum atomic E-state index is 9.39. The number of hydrogen-bond donors (Lipinski definition) is 2. The number of nitrogens with one attached hydrogen (secondary N) is 1. The Morgan fingerprint density at radius 1 is 1.14 bits per heavy atom. The summed E-state index contributed by atoms with van der Waals surface area (Å²) in [5, 5.41) is 13.7. The van der Waals surface area contributed by atoms with E-state index in [0.717, 1.165) is 31.0 Å². The van der Waals surface area contributed by atoms with E-state index >= 15 is 0 Å². The van der Waals surface area contributed by atoms with Gasteiger partial charge in [0, 0.05) is 17.5 Å². The first-order valence-corrected chi connectivity index (χ1v) is 7.81. The molecule has 2 rings (SSSR count). The molecule has 2 aromatic rings. The van der Waals surface area contributed by atoms with Crippen molar-refractivity contribution in [3.8, 4) is 5.75 Å². The SMILES string of the molecule is CCCNCC(Cc1ccc(O)cc1)c1cccc(Cl)c1. The lowest BCUT2D eigenvalue weighted by Crippen LogP contribution is -2.23. The van der Waals surface area contributed by atoms with Crippen LogP contribution in [0.2, 0.25) is 5.02 Å². The van der Waals surface area contributed by atoms with Crippen LogP contribution in [0.15, 0.2) is 48.5 Å². The summed E-state index contributed by atoms with van der Waals surface area (Å²) in [6, 6.07) is 15.5. The summed E-state index contributed by atoms with van der Waals surface area (Å²) in [6.07, 6.45) is 2.05. The van der Waals surface area contributed by atoms with Gasteiger partial charge in [0.2, 0.25) is 0 Å². The number of aromatic hydroxyl groups is 1. The zero-order valence-electron chi connectivity index (χ0n) is 12.3. The molecule has 0 heterocycles. The second kappa shape index (κ2) is 8.06. The van der Waals surface area contributed by atoms with Gasteiger partial charge in [-0.15, -0.1) is 0 Å². The van der Waals surface area contributed by atoms with Crippen LogP contribution >= 0.6 is 11.6 Å². The minimum atomic E-state index is 0.308. The fraction of sp³-hybridized carbons (Fsp3) is 0.333. The lowest BCUT2D eigenvalue weighted by atomic mass is 9.92. The van der Waals surface area contributed by atoms with Crippen molar-refractivity contribution in [1.29, 1.82) is 0 Å². The second-order valence-electron chi connectivity index (χ2n) is 5.33. The number of hydrogen-bond acceptors (Lipinski definition) is 2. The number of phenols is 1. The summed E-state index contributed by atoms with van der Waals surface area (Å²) in [5.41, 5.74) is 2.47. The molecule has 112 valence electrons. The summed E-state index contributed by atoms with van der Waals surface area (Å²) in [5.74, 6) is 0.682. The van der Waals surface area contributed by atoms with Crippen molar-refractivity contribution in [2.45, 2.75) is 25.7 Å². The predicted octanol–water partition coefficient (Wildman–Crippen LogP) is 4.37. The van der Waals surface area contributed by atoms with E-state index in [2.05, 4.69) is 18.3 Å². The van der Waals surface area contributed by atoms with E-state index in [9.17, 15) is 5.11 Å². The van der Waals surface area contributed by atoms with Crippen LogP contribution < -0.4 is 5.32 Å². The summed E-state index contributed by atoms with van der Waals surface area (Å²) >= 11 is 6.12. The van der Waals surface area contributed by atoms with Crippen LogP contribution in [0.1, 0.15) is 30.4 Å². The van der Waals surface area contributed by atoms with Crippen molar-refractivity contribution in [2.24, 2.45) is 0 Å². The molecule has 0 aliphatic rings. The van der Waals surface area contributed by atoms with Crippen molar-refractivity contribution in [3.63, 3.8) is 0 Å². The third-order valence-electron chi connectivity index (χ3n) is 3.56. The van der Waals surface area contributed by atoms with E-state index in [4.69, 9.17) is 11.6 Å². The molecule has 0 fully saturated rings. The molecular weight excluding hydrogens is 282 g/mol. The van der Waals surface area contributed by atoms with E-state index in [1.54, 1.807) is 12.1 Å². The topological polar surface area (TPSA) is 32.3 Å². The molecule has 1 atom stereocenters. The first kappa shape index (κ1) is 15.9. The van der Waals surface area contributed by atoms with E-state index in [1.165, 1.54) is 11.1 Å². The summed E-state index contributed by atoms with van der Waals surface area (Å²) in [7, 11) is 0. The molecule has 2 nitrogen and oxygen atoms in total. The third-order valence-corrected chi connectivity index (χ3v) is 3.79. The Hall–Kier alpha value is -1.51. The summed E-state index contributed by atoms with van der Waals surface area (Å²) < 4.78 is 0. The van der Waals surface area contributed by atoms with Crippen LogP contribution in [0.5, 0.6) is 5.75 Å². The molecule has 0 aromatic heterocycles. The van der Waals surface area contributed by atoms with Crippen LogP contribution in [0, 0.1) is 0 Å². The van der Waals surface area contributed by atoms with Gasteiger partial charge in [-0.05, 0) is 54.8 Å². The Labute approximate surface area is 131 Å². The van der Waals surface area contributed by atoms with Crippen LogP contribution in [0.4, 0.5) is 0 Å². The van der Waals surface area contributed by atoms with Gasteiger partial charge in [-0.2, -0.15) is 0 Å². The molecule has 0 spiro atoms. The standard InChI is InChI=1S/C18H22ClNO/c1-2-10-20-13-16(15-4-3-5-17(19)12-15)11-14-6-8-18(21)9-7-14/h3-9,12,16,20-21H,2,10-11,13H2,1H3. The van der Waals surface area contributed by atoms with E-state index in [-0.39, 0.29) is 0 Å². The quantitative estimate of drug-likeness (QED) is 0.744. The third kappa shape index (κ3) is 5.07. The Morgan fingerprint density at radius 3 is 2.57 bits per heavy atom. The highest BCUT2D eigenvalue weighted by Crippen LogP contribution is 2.24. The molecule has 0 bridgehead atoms. The molecule has 0 aliphatic heterocycles. The molecule has 0 aliphatic carbocycles. The fourth-order valence-electron chi connectivity index (χ4n) is 2.44. The first-order chi connectivity index (χ1) is 10.2. The van der Waals surface area contributed by atoms with Gasteiger partial charge in [-0.1, -0.05) is 42.8 Å². The van der Waals surface area contributed by atoms with E-state index in [1.807, 2.05) is 30.3 Å². The first-order valence-electron chi connectivity index (χ1n) is 7.43. The highest BCUT2D eigenvalue weighted by molar-refractivity contribution is 6.30. The zero-order valence-corrected chi connectivity index (χ0v) is 13.1. The minimum Gasteiger partial charge on any atom is -0.508 e. The van der Waals surface area contributed by atoms with Crippen molar-refractivity contribution >= 4 is 11.6 Å². The molecule has 21 heavy (non-hydrogen) atoms. The monoisotopic (exact) mass is 303 g/mol. The number of rotatable bonds is 7. The molecule has 2 aromatic carbocycles. The highest BCUT2D eigenvalue weighted by Gasteiger charge is 2.12. The Bertz CT molecular complexity index is 553. The van der Waals surface area contributed by atoms with Gasteiger partial charge in [0.25, 0.3) is 0 Å². The van der Waals surface area contributed by atoms with E-state index in [0.29, 0.717) is 11.7 Å². The highest BCUT2D eigenvalue weighted by atomic mass is 35.5. The molecule has 0 amide bonds. The molecule has 0 radical (unpaired) electrons. The Morgan fingerprint density at radius 2 is 1.90 bits per heavy atom. The van der Waals surface area contributed by atoms with Crippen molar-refractivity contribution in [2.75, 3.05) is 13.1 Å². The Balaban J connectivity index is 2.13.